The van der Waals surface area contributed by atoms with Crippen LogP contribution in [0.15, 0.2) is 18.3 Å². The van der Waals surface area contributed by atoms with Crippen molar-refractivity contribution < 1.29 is 0 Å². The average molecular weight is 263 g/mol. The van der Waals surface area contributed by atoms with Gasteiger partial charge >= 0.3 is 0 Å². The third-order valence-corrected chi connectivity index (χ3v) is 3.70. The third-order valence-electron chi connectivity index (χ3n) is 3.70. The minimum atomic E-state index is 0.347. The maximum absolute atomic E-state index is 4.63. The van der Waals surface area contributed by atoms with Gasteiger partial charge in [-0.3, -0.25) is 0 Å². The number of hydrogen-bond acceptors (Lipinski definition) is 3. The van der Waals surface area contributed by atoms with E-state index in [9.17, 15) is 0 Å². The Balaban J connectivity index is 2.96. The zero-order valence-electron chi connectivity index (χ0n) is 13.1. The van der Waals surface area contributed by atoms with Crippen LogP contribution in [0.4, 0.5) is 5.82 Å². The summed E-state index contributed by atoms with van der Waals surface area (Å²) in [6.07, 6.45) is 3.11. The summed E-state index contributed by atoms with van der Waals surface area (Å²) in [6, 6.07) is 4.57. The minimum Gasteiger partial charge on any atom is -0.356 e. The van der Waals surface area contributed by atoms with Gasteiger partial charge in [0.05, 0.1) is 0 Å². The fourth-order valence-electron chi connectivity index (χ4n) is 2.30. The molecule has 0 aliphatic rings. The monoisotopic (exact) mass is 263 g/mol. The smallest absolute Gasteiger partial charge is 0.133 e. The molecule has 0 fully saturated rings. The normalized spacial score (nSPS) is 14.2. The lowest BCUT2D eigenvalue weighted by Gasteiger charge is -2.28. The number of aromatic nitrogens is 1. The van der Waals surface area contributed by atoms with Crippen molar-refractivity contribution in [1.82, 2.24) is 10.3 Å². The zero-order chi connectivity index (χ0) is 14.3. The highest BCUT2D eigenvalue weighted by Gasteiger charge is 2.16. The standard InChI is InChI=1S/C16H29N3/c1-6-13(4)12-19(8-3)16-15(10-9-11-18-16)14(5)17-7-2/h9-11,13-14,17H,6-8,12H2,1-5H3. The maximum Gasteiger partial charge on any atom is 0.133 e. The first-order valence-electron chi connectivity index (χ1n) is 7.57. The van der Waals surface area contributed by atoms with Crippen molar-refractivity contribution in [1.29, 1.82) is 0 Å². The van der Waals surface area contributed by atoms with E-state index >= 15 is 0 Å². The molecule has 0 saturated heterocycles. The molecule has 0 aromatic carbocycles. The number of pyridine rings is 1. The quantitative estimate of drug-likeness (QED) is 0.776. The molecule has 19 heavy (non-hydrogen) atoms. The van der Waals surface area contributed by atoms with E-state index in [-0.39, 0.29) is 0 Å². The number of nitrogens with zero attached hydrogens (tertiary/aromatic N) is 2. The molecule has 1 rings (SSSR count). The summed E-state index contributed by atoms with van der Waals surface area (Å²) in [4.78, 5) is 7.03. The van der Waals surface area contributed by atoms with Gasteiger partial charge in [-0.1, -0.05) is 33.3 Å². The van der Waals surface area contributed by atoms with Gasteiger partial charge in [0.15, 0.2) is 0 Å². The molecule has 1 heterocycles. The van der Waals surface area contributed by atoms with E-state index < -0.39 is 0 Å². The van der Waals surface area contributed by atoms with E-state index in [1.807, 2.05) is 12.3 Å². The zero-order valence-corrected chi connectivity index (χ0v) is 13.1. The molecule has 3 nitrogen and oxygen atoms in total. The van der Waals surface area contributed by atoms with E-state index in [2.05, 4.69) is 55.9 Å². The largest absolute Gasteiger partial charge is 0.356 e. The predicted molar refractivity (Wildman–Crippen MR) is 83.7 cm³/mol. The van der Waals surface area contributed by atoms with Crippen molar-refractivity contribution >= 4 is 5.82 Å². The predicted octanol–water partition coefficient (Wildman–Crippen LogP) is 3.62. The Kier molecular flexibility index (Phi) is 6.85. The minimum absolute atomic E-state index is 0.347. The lowest BCUT2D eigenvalue weighted by molar-refractivity contribution is 0.539. The summed E-state index contributed by atoms with van der Waals surface area (Å²) >= 11 is 0. The van der Waals surface area contributed by atoms with Gasteiger partial charge in [0.1, 0.15) is 5.82 Å². The Morgan fingerprint density at radius 1 is 1.26 bits per heavy atom. The molecule has 3 heteroatoms. The third kappa shape index (κ3) is 4.50. The average Bonchev–Trinajstić information content (AvgIpc) is 2.44. The van der Waals surface area contributed by atoms with Crippen LogP contribution >= 0.6 is 0 Å². The first-order chi connectivity index (χ1) is 9.13. The summed E-state index contributed by atoms with van der Waals surface area (Å²) in [7, 11) is 0. The second-order valence-electron chi connectivity index (χ2n) is 5.25. The first-order valence-corrected chi connectivity index (χ1v) is 7.57. The Bertz CT molecular complexity index is 365. The number of nitrogens with one attached hydrogen (secondary N) is 1. The van der Waals surface area contributed by atoms with Crippen molar-refractivity contribution in [3.05, 3.63) is 23.9 Å². The molecule has 0 spiro atoms. The molecule has 0 amide bonds. The van der Waals surface area contributed by atoms with Crippen molar-refractivity contribution in [2.24, 2.45) is 5.92 Å². The molecule has 0 aliphatic carbocycles. The van der Waals surface area contributed by atoms with Crippen LogP contribution in [0.2, 0.25) is 0 Å². The maximum atomic E-state index is 4.63. The number of rotatable bonds is 8. The van der Waals surface area contributed by atoms with Gasteiger partial charge in [0.2, 0.25) is 0 Å². The highest BCUT2D eigenvalue weighted by molar-refractivity contribution is 5.48. The Labute approximate surface area is 118 Å². The summed E-state index contributed by atoms with van der Waals surface area (Å²) in [5.74, 6) is 1.84. The SMILES string of the molecule is CCNC(C)c1cccnc1N(CC)CC(C)CC. The summed E-state index contributed by atoms with van der Waals surface area (Å²) in [6.45, 7) is 14.2. The number of anilines is 1. The molecule has 0 aliphatic heterocycles. The summed E-state index contributed by atoms with van der Waals surface area (Å²) in [5.41, 5.74) is 1.30. The highest BCUT2D eigenvalue weighted by Crippen LogP contribution is 2.24. The summed E-state index contributed by atoms with van der Waals surface area (Å²) in [5, 5.41) is 3.48. The van der Waals surface area contributed by atoms with Crippen LogP contribution in [-0.4, -0.2) is 24.6 Å². The lowest BCUT2D eigenvalue weighted by atomic mass is 10.1. The van der Waals surface area contributed by atoms with Crippen molar-refractivity contribution in [3.63, 3.8) is 0 Å². The molecule has 108 valence electrons. The van der Waals surface area contributed by atoms with Gasteiger partial charge < -0.3 is 10.2 Å². The van der Waals surface area contributed by atoms with Crippen LogP contribution in [0.5, 0.6) is 0 Å². The molecule has 1 aromatic heterocycles. The fourth-order valence-corrected chi connectivity index (χ4v) is 2.30. The van der Waals surface area contributed by atoms with Gasteiger partial charge in [-0.15, -0.1) is 0 Å². The first kappa shape index (κ1) is 16.0. The van der Waals surface area contributed by atoms with Crippen molar-refractivity contribution in [2.75, 3.05) is 24.5 Å². The van der Waals surface area contributed by atoms with Gasteiger partial charge in [0.25, 0.3) is 0 Å². The second-order valence-corrected chi connectivity index (χ2v) is 5.25. The van der Waals surface area contributed by atoms with E-state index in [1.54, 1.807) is 0 Å². The molecule has 2 unspecified atom stereocenters. The Morgan fingerprint density at radius 2 is 2.00 bits per heavy atom. The van der Waals surface area contributed by atoms with E-state index in [4.69, 9.17) is 0 Å². The van der Waals surface area contributed by atoms with Crippen LogP contribution < -0.4 is 10.2 Å². The van der Waals surface area contributed by atoms with Crippen molar-refractivity contribution in [3.8, 4) is 0 Å². The van der Waals surface area contributed by atoms with Gasteiger partial charge in [-0.25, -0.2) is 4.98 Å². The molecule has 0 bridgehead atoms. The summed E-state index contributed by atoms with van der Waals surface area (Å²) < 4.78 is 0. The molecular weight excluding hydrogens is 234 g/mol. The molecule has 0 radical (unpaired) electrons. The van der Waals surface area contributed by atoms with Crippen LogP contribution in [0.3, 0.4) is 0 Å². The molecule has 2 atom stereocenters. The fraction of sp³-hybridized carbons (Fsp3) is 0.688. The van der Waals surface area contributed by atoms with E-state index in [1.165, 1.54) is 12.0 Å². The molecule has 0 saturated carbocycles. The van der Waals surface area contributed by atoms with Gasteiger partial charge in [0, 0.05) is 30.9 Å². The lowest BCUT2D eigenvalue weighted by Crippen LogP contribution is -2.31. The Hall–Kier alpha value is -1.09. The van der Waals surface area contributed by atoms with Crippen LogP contribution in [-0.2, 0) is 0 Å². The van der Waals surface area contributed by atoms with Crippen molar-refractivity contribution in [2.45, 2.75) is 47.1 Å². The molecular formula is C16H29N3. The van der Waals surface area contributed by atoms with E-state index in [0.717, 1.165) is 25.5 Å². The van der Waals surface area contributed by atoms with Gasteiger partial charge in [-0.2, -0.15) is 0 Å². The highest BCUT2D eigenvalue weighted by atomic mass is 15.2. The van der Waals surface area contributed by atoms with Crippen LogP contribution in [0.25, 0.3) is 0 Å². The van der Waals surface area contributed by atoms with E-state index in [0.29, 0.717) is 12.0 Å². The molecule has 1 N–H and O–H groups in total. The topological polar surface area (TPSA) is 28.2 Å². The van der Waals surface area contributed by atoms with Gasteiger partial charge in [-0.05, 0) is 32.4 Å². The Morgan fingerprint density at radius 3 is 2.58 bits per heavy atom. The number of hydrogen-bond donors (Lipinski definition) is 1. The molecule has 1 aromatic rings. The van der Waals surface area contributed by atoms with Crippen LogP contribution in [0, 0.1) is 5.92 Å². The second kappa shape index (κ2) is 8.16. The van der Waals surface area contributed by atoms with Crippen LogP contribution in [0.1, 0.15) is 52.6 Å².